The van der Waals surface area contributed by atoms with Crippen molar-refractivity contribution in [2.75, 3.05) is 13.5 Å². The third-order valence-corrected chi connectivity index (χ3v) is 2.46. The molecule has 19 heavy (non-hydrogen) atoms. The highest BCUT2D eigenvalue weighted by molar-refractivity contribution is 5.33. The Hall–Kier alpha value is -1.80. The minimum atomic E-state index is -2.48. The molecule has 2 rings (SSSR count). The molecule has 0 aliphatic carbocycles. The van der Waals surface area contributed by atoms with Crippen LogP contribution in [-0.2, 0) is 0 Å². The van der Waals surface area contributed by atoms with Crippen molar-refractivity contribution in [2.45, 2.75) is 19.4 Å². The van der Waals surface area contributed by atoms with Crippen LogP contribution in [0.1, 0.15) is 40.1 Å². The lowest BCUT2D eigenvalue weighted by molar-refractivity contribution is 0.193. The minimum absolute atomic E-state index is 0.0761. The van der Waals surface area contributed by atoms with Gasteiger partial charge >= 0.3 is 0 Å². The van der Waals surface area contributed by atoms with Gasteiger partial charge in [-0.25, -0.2) is 0 Å². The molecule has 2 nitrogen and oxygen atoms in total. The highest BCUT2D eigenvalue weighted by Crippen LogP contribution is 2.26. The second-order valence-corrected chi connectivity index (χ2v) is 3.81. The number of ether oxygens (including phenoxy) is 1. The Morgan fingerprint density at radius 2 is 1.89 bits per heavy atom. The van der Waals surface area contributed by atoms with Gasteiger partial charge in [0.15, 0.2) is 0 Å². The largest absolute Gasteiger partial charge is 0.485 e. The Bertz CT molecular complexity index is 946. The van der Waals surface area contributed by atoms with E-state index in [2.05, 4.69) is 5.32 Å². The normalized spacial score (nSPS) is 21.7. The van der Waals surface area contributed by atoms with E-state index in [1.165, 1.54) is 6.92 Å². The van der Waals surface area contributed by atoms with Gasteiger partial charge in [-0.3, -0.25) is 0 Å². The number of hydrogen-bond donors (Lipinski definition) is 1. The summed E-state index contributed by atoms with van der Waals surface area (Å²) in [4.78, 5) is 0. The van der Waals surface area contributed by atoms with Gasteiger partial charge in [-0.2, -0.15) is 0 Å². The molecule has 0 saturated heterocycles. The fraction of sp³-hybridized carbons (Fsp3) is 0.294. The predicted octanol–water partition coefficient (Wildman–Crippen LogP) is 3.72. The van der Waals surface area contributed by atoms with Crippen LogP contribution in [0, 0.1) is 6.92 Å². The van der Waals surface area contributed by atoms with Crippen LogP contribution >= 0.6 is 0 Å². The summed E-state index contributed by atoms with van der Waals surface area (Å²) in [5.74, 6) is -0.239. The molecule has 0 aliphatic rings. The second-order valence-electron chi connectivity index (χ2n) is 3.81. The van der Waals surface area contributed by atoms with Crippen molar-refractivity contribution in [3.8, 4) is 5.75 Å². The van der Waals surface area contributed by atoms with Crippen molar-refractivity contribution in [3.63, 3.8) is 0 Å². The van der Waals surface area contributed by atoms with Crippen molar-refractivity contribution in [3.05, 3.63) is 65.5 Å². The van der Waals surface area contributed by atoms with Gasteiger partial charge in [-0.05, 0) is 37.6 Å². The van der Waals surface area contributed by atoms with Crippen molar-refractivity contribution in [1.29, 1.82) is 0 Å². The molecule has 2 aromatic carbocycles. The monoisotopic (exact) mass is 267 g/mol. The van der Waals surface area contributed by atoms with Gasteiger partial charge in [-0.1, -0.05) is 48.3 Å². The molecule has 0 fully saturated rings. The predicted molar refractivity (Wildman–Crippen MR) is 79.5 cm³/mol. The van der Waals surface area contributed by atoms with Gasteiger partial charge in [0.05, 0.1) is 12.3 Å². The Morgan fingerprint density at radius 3 is 2.68 bits per heavy atom. The molecule has 0 radical (unpaired) electrons. The van der Waals surface area contributed by atoms with Crippen LogP contribution in [0.15, 0.2) is 54.4 Å². The highest BCUT2D eigenvalue weighted by Gasteiger charge is 2.13. The Balaban J connectivity index is 2.62. The van der Waals surface area contributed by atoms with Crippen molar-refractivity contribution in [2.24, 2.45) is 0 Å². The summed E-state index contributed by atoms with van der Waals surface area (Å²) >= 11 is 0. The fourth-order valence-corrected chi connectivity index (χ4v) is 1.51. The third-order valence-electron chi connectivity index (χ3n) is 2.46. The number of benzene rings is 2. The van der Waals surface area contributed by atoms with Crippen LogP contribution in [0.4, 0.5) is 0 Å². The van der Waals surface area contributed by atoms with E-state index in [0.717, 1.165) is 0 Å². The average molecular weight is 267 g/mol. The van der Waals surface area contributed by atoms with E-state index in [9.17, 15) is 0 Å². The summed E-state index contributed by atoms with van der Waals surface area (Å²) in [5, 5.41) is 2.26. The molecule has 1 N–H and O–H groups in total. The summed E-state index contributed by atoms with van der Waals surface area (Å²) in [7, 11) is 0. The van der Waals surface area contributed by atoms with E-state index in [0.29, 0.717) is 0 Å². The minimum Gasteiger partial charge on any atom is -0.485 e. The summed E-state index contributed by atoms with van der Waals surface area (Å²) in [6, 6.07) is -4.71. The molecular formula is C17H21NO. The van der Waals surface area contributed by atoms with Gasteiger partial charge in [0, 0.05) is 10.5 Å². The zero-order chi connectivity index (χ0) is 23.8. The molecule has 1 unspecified atom stereocenters. The van der Waals surface area contributed by atoms with E-state index in [-0.39, 0.29) is 35.9 Å². The Labute approximate surface area is 132 Å². The highest BCUT2D eigenvalue weighted by atomic mass is 16.5. The Kier molecular flexibility index (Phi) is 1.81. The zero-order valence-electron chi connectivity index (χ0n) is 22.4. The maximum atomic E-state index is 8.18. The molecule has 0 bridgehead atoms. The number of nitrogens with one attached hydrogen (secondary N) is 1. The van der Waals surface area contributed by atoms with Crippen LogP contribution in [0.25, 0.3) is 0 Å². The molecule has 0 aromatic heterocycles. The molecule has 2 heteroatoms. The first-order chi connectivity index (χ1) is 14.2. The first-order valence-electron chi connectivity index (χ1n) is 11.7. The van der Waals surface area contributed by atoms with Crippen molar-refractivity contribution in [1.82, 2.24) is 5.32 Å². The van der Waals surface area contributed by atoms with Crippen LogP contribution in [0.3, 0.4) is 0 Å². The van der Waals surface area contributed by atoms with Crippen LogP contribution in [0.5, 0.6) is 5.75 Å². The molecule has 100 valence electrons. The number of para-hydroxylation sites is 1. The lowest BCUT2D eigenvalue weighted by Crippen LogP contribution is -2.16. The molecule has 1 atom stereocenters. The molecule has 0 saturated carbocycles. The van der Waals surface area contributed by atoms with Gasteiger partial charge in [0.25, 0.3) is 0 Å². The maximum absolute atomic E-state index is 8.18. The molecule has 0 spiro atoms. The van der Waals surface area contributed by atoms with Gasteiger partial charge in [-0.15, -0.1) is 0 Å². The van der Waals surface area contributed by atoms with E-state index in [4.69, 9.17) is 21.2 Å². The van der Waals surface area contributed by atoms with Crippen LogP contribution < -0.4 is 10.1 Å². The molecule has 2 aromatic rings. The van der Waals surface area contributed by atoms with Gasteiger partial charge < -0.3 is 10.1 Å². The summed E-state index contributed by atoms with van der Waals surface area (Å²) in [6.45, 7) is -1.24. The topological polar surface area (TPSA) is 21.3 Å². The summed E-state index contributed by atoms with van der Waals surface area (Å²) in [5.41, 5.74) is -0.155. The van der Waals surface area contributed by atoms with E-state index in [1.807, 2.05) is 0 Å². The van der Waals surface area contributed by atoms with Crippen molar-refractivity contribution >= 4 is 0 Å². The van der Waals surface area contributed by atoms with Crippen LogP contribution in [-0.4, -0.2) is 13.5 Å². The van der Waals surface area contributed by atoms with E-state index >= 15 is 0 Å². The zero-order valence-corrected chi connectivity index (χ0v) is 10.4. The maximum Gasteiger partial charge on any atom is 0.125 e. The SMILES string of the molecule is [2H]c1c([2H])c([2H])c(C(CCNC([2H])([2H])[2H])Oc2c([2H])c([2H])c([2H])c([2H])c2C)c([2H])c1[2H]. The Morgan fingerprint density at radius 1 is 1.16 bits per heavy atom. The number of hydrogen-bond acceptors (Lipinski definition) is 2. The average Bonchev–Trinajstić information content (AvgIpc) is 2.69. The van der Waals surface area contributed by atoms with Gasteiger partial charge in [0.2, 0.25) is 0 Å². The molecule has 0 amide bonds. The first kappa shape index (κ1) is 4.95. The molecular weight excluding hydrogens is 234 g/mol. The van der Waals surface area contributed by atoms with Crippen LogP contribution in [0.2, 0.25) is 0 Å². The molecule has 0 aliphatic heterocycles. The standard InChI is InChI=1S/C17H21NO/c1-14-8-6-7-11-16(14)19-17(12-13-18-2)15-9-4-3-5-10-15/h3-11,17-18H,12-13H2,1-2H3/i2D3,3D,4D,5D,6D,7D,8D,9D,10D,11D. The lowest BCUT2D eigenvalue weighted by Gasteiger charge is -2.20. The van der Waals surface area contributed by atoms with E-state index in [1.54, 1.807) is 0 Å². The number of rotatable bonds is 6. The van der Waals surface area contributed by atoms with Crippen molar-refractivity contribution < 1.29 is 21.2 Å². The fourth-order valence-electron chi connectivity index (χ4n) is 1.51. The summed E-state index contributed by atoms with van der Waals surface area (Å²) in [6.07, 6.45) is -1.42. The van der Waals surface area contributed by atoms with E-state index < -0.39 is 61.4 Å². The first-order valence-corrected chi connectivity index (χ1v) is 5.74. The smallest absolute Gasteiger partial charge is 0.125 e. The lowest BCUT2D eigenvalue weighted by atomic mass is 10.1. The second kappa shape index (κ2) is 6.95. The summed E-state index contributed by atoms with van der Waals surface area (Å²) < 4.78 is 99.1. The quantitative estimate of drug-likeness (QED) is 0.861. The van der Waals surface area contributed by atoms with Gasteiger partial charge in [0.1, 0.15) is 11.9 Å². The third kappa shape index (κ3) is 3.83. The molecule has 0 heterocycles.